The van der Waals surface area contributed by atoms with Crippen molar-refractivity contribution in [1.82, 2.24) is 10.2 Å². The molecule has 1 aliphatic rings. The smallest absolute Gasteiger partial charge is 0.317 e. The Morgan fingerprint density at radius 3 is 2.53 bits per heavy atom. The number of rotatable bonds is 3. The summed E-state index contributed by atoms with van der Waals surface area (Å²) in [5, 5.41) is 12.5. The van der Waals surface area contributed by atoms with Crippen LogP contribution in [0.15, 0.2) is 12.2 Å². The Morgan fingerprint density at radius 2 is 2.07 bits per heavy atom. The molecular formula is C11H20N2O2. The maximum absolute atomic E-state index is 11.7. The molecule has 0 bridgehead atoms. The first-order valence-electron chi connectivity index (χ1n) is 5.27. The largest absolute Gasteiger partial charge is 0.389 e. The summed E-state index contributed by atoms with van der Waals surface area (Å²) in [5.74, 6) is 0. The predicted octanol–water partition coefficient (Wildman–Crippen LogP) is 1.12. The number of nitrogens with one attached hydrogen (secondary N) is 1. The van der Waals surface area contributed by atoms with E-state index >= 15 is 0 Å². The summed E-state index contributed by atoms with van der Waals surface area (Å²) in [6.45, 7) is 3.71. The van der Waals surface area contributed by atoms with Gasteiger partial charge in [-0.05, 0) is 26.7 Å². The maximum atomic E-state index is 11.7. The number of amides is 2. The molecule has 0 saturated heterocycles. The molecule has 4 heteroatoms. The normalized spacial score (nSPS) is 16.8. The summed E-state index contributed by atoms with van der Waals surface area (Å²) < 4.78 is 0. The van der Waals surface area contributed by atoms with E-state index in [0.717, 1.165) is 12.8 Å². The summed E-state index contributed by atoms with van der Waals surface area (Å²) in [7, 11) is 1.69. The fraction of sp³-hybridized carbons (Fsp3) is 0.727. The van der Waals surface area contributed by atoms with Gasteiger partial charge in [-0.25, -0.2) is 4.79 Å². The Morgan fingerprint density at radius 1 is 1.53 bits per heavy atom. The van der Waals surface area contributed by atoms with Gasteiger partial charge in [-0.1, -0.05) is 12.2 Å². The molecule has 0 fully saturated rings. The number of urea groups is 1. The highest BCUT2D eigenvalue weighted by atomic mass is 16.3. The van der Waals surface area contributed by atoms with Gasteiger partial charge >= 0.3 is 6.03 Å². The third-order valence-electron chi connectivity index (χ3n) is 2.31. The van der Waals surface area contributed by atoms with Crippen LogP contribution in [0.25, 0.3) is 0 Å². The number of hydrogen-bond donors (Lipinski definition) is 2. The van der Waals surface area contributed by atoms with E-state index in [1.165, 1.54) is 4.90 Å². The number of aliphatic hydroxyl groups is 1. The summed E-state index contributed by atoms with van der Waals surface area (Å²) in [5.41, 5.74) is -0.847. The van der Waals surface area contributed by atoms with Gasteiger partial charge in [0.05, 0.1) is 12.1 Å². The molecule has 1 rings (SSSR count). The Balaban J connectivity index is 2.33. The average molecular weight is 212 g/mol. The van der Waals surface area contributed by atoms with E-state index in [1.54, 1.807) is 20.9 Å². The molecule has 0 aliphatic heterocycles. The van der Waals surface area contributed by atoms with Crippen molar-refractivity contribution < 1.29 is 9.90 Å². The van der Waals surface area contributed by atoms with E-state index in [1.807, 2.05) is 0 Å². The van der Waals surface area contributed by atoms with Crippen LogP contribution in [-0.2, 0) is 0 Å². The first kappa shape index (κ1) is 12.0. The minimum atomic E-state index is -0.847. The van der Waals surface area contributed by atoms with Gasteiger partial charge in [-0.15, -0.1) is 0 Å². The van der Waals surface area contributed by atoms with Crippen molar-refractivity contribution in [3.05, 3.63) is 12.2 Å². The van der Waals surface area contributed by atoms with Crippen molar-refractivity contribution in [2.75, 3.05) is 13.6 Å². The lowest BCUT2D eigenvalue weighted by molar-refractivity contribution is 0.0528. The van der Waals surface area contributed by atoms with E-state index in [0.29, 0.717) is 6.54 Å². The zero-order valence-corrected chi connectivity index (χ0v) is 9.66. The van der Waals surface area contributed by atoms with Crippen LogP contribution >= 0.6 is 0 Å². The molecule has 0 aromatic heterocycles. The molecule has 86 valence electrons. The topological polar surface area (TPSA) is 52.6 Å². The molecule has 2 amide bonds. The molecule has 4 nitrogen and oxygen atoms in total. The standard InChI is InChI=1S/C11H20N2O2/c1-11(2,15)8-13(3)10(14)12-9-6-4-5-7-9/h4-5,9,15H,6-8H2,1-3H3,(H,12,14). The lowest BCUT2D eigenvalue weighted by atomic mass is 10.1. The predicted molar refractivity (Wildman–Crippen MR) is 59.6 cm³/mol. The fourth-order valence-corrected chi connectivity index (χ4v) is 1.67. The highest BCUT2D eigenvalue weighted by molar-refractivity contribution is 5.74. The van der Waals surface area contributed by atoms with E-state index in [4.69, 9.17) is 0 Å². The van der Waals surface area contributed by atoms with Gasteiger partial charge in [0.25, 0.3) is 0 Å². The van der Waals surface area contributed by atoms with Crippen LogP contribution in [0.1, 0.15) is 26.7 Å². The van der Waals surface area contributed by atoms with Gasteiger partial charge in [0.1, 0.15) is 0 Å². The lowest BCUT2D eigenvalue weighted by Crippen LogP contribution is -2.47. The highest BCUT2D eigenvalue weighted by Gasteiger charge is 2.21. The third kappa shape index (κ3) is 4.34. The third-order valence-corrected chi connectivity index (χ3v) is 2.31. The second-order valence-electron chi connectivity index (χ2n) is 4.76. The van der Waals surface area contributed by atoms with Crippen LogP contribution in [-0.4, -0.2) is 41.3 Å². The molecule has 0 aromatic rings. The summed E-state index contributed by atoms with van der Waals surface area (Å²) in [4.78, 5) is 13.2. The minimum Gasteiger partial charge on any atom is -0.389 e. The summed E-state index contributed by atoms with van der Waals surface area (Å²) in [6.07, 6.45) is 5.95. The van der Waals surface area contributed by atoms with Crippen LogP contribution in [0, 0.1) is 0 Å². The first-order chi connectivity index (χ1) is 6.88. The van der Waals surface area contributed by atoms with E-state index in [9.17, 15) is 9.90 Å². The fourth-order valence-electron chi connectivity index (χ4n) is 1.67. The van der Waals surface area contributed by atoms with Crippen LogP contribution in [0.4, 0.5) is 4.79 Å². The molecule has 1 aliphatic carbocycles. The van der Waals surface area contributed by atoms with Crippen LogP contribution in [0.5, 0.6) is 0 Å². The zero-order valence-electron chi connectivity index (χ0n) is 9.66. The quantitative estimate of drug-likeness (QED) is 0.689. The van der Waals surface area contributed by atoms with E-state index in [2.05, 4.69) is 17.5 Å². The van der Waals surface area contributed by atoms with Crippen molar-refractivity contribution in [3.8, 4) is 0 Å². The molecule has 15 heavy (non-hydrogen) atoms. The van der Waals surface area contributed by atoms with Gasteiger partial charge < -0.3 is 15.3 Å². The molecule has 0 spiro atoms. The van der Waals surface area contributed by atoms with Crippen molar-refractivity contribution in [2.45, 2.75) is 38.3 Å². The Kier molecular flexibility index (Phi) is 3.74. The molecule has 0 aromatic carbocycles. The SMILES string of the molecule is CN(CC(C)(C)O)C(=O)NC1CC=CC1. The average Bonchev–Trinajstić information content (AvgIpc) is 2.53. The van der Waals surface area contributed by atoms with Crippen LogP contribution in [0.2, 0.25) is 0 Å². The first-order valence-corrected chi connectivity index (χ1v) is 5.27. The van der Waals surface area contributed by atoms with Gasteiger partial charge in [0.15, 0.2) is 0 Å². The monoisotopic (exact) mass is 212 g/mol. The maximum Gasteiger partial charge on any atom is 0.317 e. The lowest BCUT2D eigenvalue weighted by Gasteiger charge is -2.27. The minimum absolute atomic E-state index is 0.120. The van der Waals surface area contributed by atoms with Crippen molar-refractivity contribution in [1.29, 1.82) is 0 Å². The van der Waals surface area contributed by atoms with Crippen LogP contribution < -0.4 is 5.32 Å². The van der Waals surface area contributed by atoms with E-state index < -0.39 is 5.60 Å². The van der Waals surface area contributed by atoms with Crippen molar-refractivity contribution in [2.24, 2.45) is 0 Å². The molecular weight excluding hydrogens is 192 g/mol. The number of likely N-dealkylation sites (N-methyl/N-ethyl adjacent to an activating group) is 1. The Bertz CT molecular complexity index is 248. The van der Waals surface area contributed by atoms with Gasteiger partial charge in [0.2, 0.25) is 0 Å². The van der Waals surface area contributed by atoms with Gasteiger partial charge in [-0.3, -0.25) is 0 Å². The second kappa shape index (κ2) is 4.66. The molecule has 0 saturated carbocycles. The summed E-state index contributed by atoms with van der Waals surface area (Å²) in [6, 6.07) is 0.104. The molecule has 0 heterocycles. The number of nitrogens with zero attached hydrogens (tertiary/aromatic N) is 1. The molecule has 0 unspecified atom stereocenters. The van der Waals surface area contributed by atoms with Crippen molar-refractivity contribution >= 4 is 6.03 Å². The molecule has 2 N–H and O–H groups in total. The van der Waals surface area contributed by atoms with Crippen molar-refractivity contribution in [3.63, 3.8) is 0 Å². The zero-order chi connectivity index (χ0) is 11.5. The number of carbonyl (C=O) groups is 1. The Hall–Kier alpha value is -1.03. The molecule has 0 atom stereocenters. The van der Waals surface area contributed by atoms with E-state index in [-0.39, 0.29) is 12.1 Å². The Labute approximate surface area is 91.0 Å². The van der Waals surface area contributed by atoms with Gasteiger partial charge in [0, 0.05) is 13.1 Å². The van der Waals surface area contributed by atoms with Gasteiger partial charge in [-0.2, -0.15) is 0 Å². The molecule has 0 radical (unpaired) electrons. The van der Waals surface area contributed by atoms with Crippen LogP contribution in [0.3, 0.4) is 0 Å². The highest BCUT2D eigenvalue weighted by Crippen LogP contribution is 2.10. The second-order valence-corrected chi connectivity index (χ2v) is 4.76. The number of hydrogen-bond acceptors (Lipinski definition) is 2. The summed E-state index contributed by atoms with van der Waals surface area (Å²) >= 11 is 0. The number of carbonyl (C=O) groups excluding carboxylic acids is 1.